The van der Waals surface area contributed by atoms with Gasteiger partial charge in [-0.25, -0.2) is 0 Å². The van der Waals surface area contributed by atoms with Crippen LogP contribution in [0.1, 0.15) is 52.3 Å². The van der Waals surface area contributed by atoms with Gasteiger partial charge in [0.1, 0.15) is 0 Å². The van der Waals surface area contributed by atoms with Crippen LogP contribution in [0, 0.1) is 27.7 Å². The van der Waals surface area contributed by atoms with Crippen molar-refractivity contribution in [2.24, 2.45) is 0 Å². The van der Waals surface area contributed by atoms with Crippen LogP contribution in [0.5, 0.6) is 0 Å². The zero-order chi connectivity index (χ0) is 16.7. The van der Waals surface area contributed by atoms with Crippen LogP contribution in [0.4, 0.5) is 0 Å². The maximum atomic E-state index is 4.46. The summed E-state index contributed by atoms with van der Waals surface area (Å²) in [6.07, 6.45) is 2.05. The third kappa shape index (κ3) is 2.67. The van der Waals surface area contributed by atoms with Crippen molar-refractivity contribution in [1.29, 1.82) is 0 Å². The van der Waals surface area contributed by atoms with Crippen LogP contribution < -0.4 is 0 Å². The van der Waals surface area contributed by atoms with Crippen LogP contribution in [0.25, 0.3) is 11.1 Å². The molecule has 0 nitrogen and oxygen atoms in total. The topological polar surface area (TPSA) is 0 Å². The number of allylic oxidation sites excluding steroid dienone is 3. The number of rotatable bonds is 2. The molecule has 0 unspecified atom stereocenters. The Morgan fingerprint density at radius 3 is 2.30 bits per heavy atom. The van der Waals surface area contributed by atoms with Gasteiger partial charge in [0.25, 0.3) is 0 Å². The molecule has 0 atom stereocenters. The first-order chi connectivity index (χ1) is 10.9. The fourth-order valence-electron chi connectivity index (χ4n) is 3.89. The average molecular weight is 302 g/mol. The molecular weight excluding hydrogens is 276 g/mol. The second-order valence-electron chi connectivity index (χ2n) is 6.88. The molecule has 23 heavy (non-hydrogen) atoms. The number of fused-ring (bicyclic) bond motifs is 1. The third-order valence-electron chi connectivity index (χ3n) is 5.17. The van der Waals surface area contributed by atoms with Gasteiger partial charge >= 0.3 is 0 Å². The zero-order valence-electron chi connectivity index (χ0n) is 15.0. The first-order valence-corrected chi connectivity index (χ1v) is 8.51. The second kappa shape index (κ2) is 5.85. The van der Waals surface area contributed by atoms with Gasteiger partial charge in [-0.2, -0.15) is 0 Å². The maximum Gasteiger partial charge on any atom is -0.00105 e. The Morgan fingerprint density at radius 2 is 1.65 bits per heavy atom. The summed E-state index contributed by atoms with van der Waals surface area (Å²) in [5.41, 5.74) is 13.7. The molecule has 0 heteroatoms. The molecule has 0 saturated heterocycles. The fraction of sp³-hybridized carbons (Fsp3) is 0.304. The lowest BCUT2D eigenvalue weighted by molar-refractivity contribution is 1.09. The normalized spacial score (nSPS) is 14.2. The van der Waals surface area contributed by atoms with Gasteiger partial charge in [0, 0.05) is 0 Å². The van der Waals surface area contributed by atoms with Crippen molar-refractivity contribution >= 4 is 11.1 Å². The molecule has 0 radical (unpaired) electrons. The number of benzene rings is 2. The number of hydrogen-bond donors (Lipinski definition) is 0. The summed E-state index contributed by atoms with van der Waals surface area (Å²) >= 11 is 0. The van der Waals surface area contributed by atoms with Crippen LogP contribution in [0.2, 0.25) is 0 Å². The van der Waals surface area contributed by atoms with E-state index in [1.165, 1.54) is 55.7 Å². The molecule has 2 aromatic rings. The van der Waals surface area contributed by atoms with E-state index < -0.39 is 0 Å². The first kappa shape index (κ1) is 15.8. The Morgan fingerprint density at radius 1 is 0.913 bits per heavy atom. The summed E-state index contributed by atoms with van der Waals surface area (Å²) in [7, 11) is 0. The largest absolute Gasteiger partial charge is 0.0909 e. The molecule has 0 fully saturated rings. The van der Waals surface area contributed by atoms with Gasteiger partial charge in [-0.05, 0) is 90.6 Å². The van der Waals surface area contributed by atoms with Crippen LogP contribution in [0.15, 0.2) is 42.5 Å². The van der Waals surface area contributed by atoms with Crippen molar-refractivity contribution in [1.82, 2.24) is 0 Å². The van der Waals surface area contributed by atoms with Crippen LogP contribution in [-0.2, 0) is 6.42 Å². The standard InChI is InChI=1S/C23H26/c1-7-21-18(6)23-17(5)10-14(2)11-20(23)13-22(21)19-9-8-15(3)16(4)12-19/h8-12H,6-7,13H2,1-5H3. The predicted molar refractivity (Wildman–Crippen MR) is 102 cm³/mol. The van der Waals surface area contributed by atoms with Gasteiger partial charge in [-0.15, -0.1) is 0 Å². The third-order valence-corrected chi connectivity index (χ3v) is 5.17. The van der Waals surface area contributed by atoms with Crippen molar-refractivity contribution in [3.05, 3.63) is 81.4 Å². The Hall–Kier alpha value is -2.08. The van der Waals surface area contributed by atoms with Gasteiger partial charge in [-0.1, -0.05) is 49.4 Å². The first-order valence-electron chi connectivity index (χ1n) is 8.51. The number of hydrogen-bond acceptors (Lipinski definition) is 0. The molecule has 0 N–H and O–H groups in total. The van der Waals surface area contributed by atoms with E-state index in [1.54, 1.807) is 0 Å². The zero-order valence-corrected chi connectivity index (χ0v) is 15.0. The average Bonchev–Trinajstić information content (AvgIpc) is 2.49. The van der Waals surface area contributed by atoms with Crippen LogP contribution in [0.3, 0.4) is 0 Å². The molecule has 0 heterocycles. The second-order valence-corrected chi connectivity index (χ2v) is 6.88. The summed E-state index contributed by atoms with van der Waals surface area (Å²) in [6, 6.07) is 11.5. The Kier molecular flexibility index (Phi) is 4.02. The Balaban J connectivity index is 2.20. The number of aryl methyl sites for hydroxylation is 4. The minimum Gasteiger partial charge on any atom is -0.0909 e. The summed E-state index contributed by atoms with van der Waals surface area (Å²) in [5.74, 6) is 0. The van der Waals surface area contributed by atoms with Crippen molar-refractivity contribution in [2.75, 3.05) is 0 Å². The highest BCUT2D eigenvalue weighted by Crippen LogP contribution is 2.42. The highest BCUT2D eigenvalue weighted by atomic mass is 14.3. The van der Waals surface area contributed by atoms with E-state index in [4.69, 9.17) is 0 Å². The van der Waals surface area contributed by atoms with E-state index >= 15 is 0 Å². The summed E-state index contributed by atoms with van der Waals surface area (Å²) in [4.78, 5) is 0. The molecule has 0 bridgehead atoms. The maximum absolute atomic E-state index is 4.46. The molecule has 0 saturated carbocycles. The van der Waals surface area contributed by atoms with Gasteiger partial charge in [0.05, 0.1) is 0 Å². The lowest BCUT2D eigenvalue weighted by Gasteiger charge is -2.27. The summed E-state index contributed by atoms with van der Waals surface area (Å²) < 4.78 is 0. The molecule has 0 aliphatic heterocycles. The highest BCUT2D eigenvalue weighted by Gasteiger charge is 2.23. The lowest BCUT2D eigenvalue weighted by atomic mass is 9.77. The van der Waals surface area contributed by atoms with Crippen molar-refractivity contribution in [3.8, 4) is 0 Å². The summed E-state index contributed by atoms with van der Waals surface area (Å²) in [6.45, 7) is 15.5. The molecule has 1 aliphatic carbocycles. The SMILES string of the molecule is C=C1C(CC)=C(c2ccc(C)c(C)c2)Cc2cc(C)cc(C)c21. The van der Waals surface area contributed by atoms with E-state index in [0.29, 0.717) is 0 Å². The minimum absolute atomic E-state index is 1.02. The molecule has 3 rings (SSSR count). The van der Waals surface area contributed by atoms with Gasteiger partial charge in [-0.3, -0.25) is 0 Å². The van der Waals surface area contributed by atoms with Gasteiger partial charge in [0.15, 0.2) is 0 Å². The molecule has 1 aliphatic rings. The Bertz CT molecular complexity index is 831. The van der Waals surface area contributed by atoms with E-state index in [1.807, 2.05) is 0 Å². The molecule has 0 spiro atoms. The molecule has 0 aromatic heterocycles. The van der Waals surface area contributed by atoms with Crippen LogP contribution >= 0.6 is 0 Å². The van der Waals surface area contributed by atoms with E-state index in [2.05, 4.69) is 71.5 Å². The molecule has 0 amide bonds. The minimum atomic E-state index is 1.02. The van der Waals surface area contributed by atoms with E-state index in [9.17, 15) is 0 Å². The highest BCUT2D eigenvalue weighted by molar-refractivity contribution is 5.94. The van der Waals surface area contributed by atoms with E-state index in [-0.39, 0.29) is 0 Å². The fourth-order valence-corrected chi connectivity index (χ4v) is 3.89. The van der Waals surface area contributed by atoms with Crippen molar-refractivity contribution in [3.63, 3.8) is 0 Å². The van der Waals surface area contributed by atoms with Gasteiger partial charge in [0.2, 0.25) is 0 Å². The lowest BCUT2D eigenvalue weighted by Crippen LogP contribution is -2.09. The van der Waals surface area contributed by atoms with Crippen molar-refractivity contribution < 1.29 is 0 Å². The van der Waals surface area contributed by atoms with Gasteiger partial charge < -0.3 is 0 Å². The molecule has 2 aromatic carbocycles. The monoisotopic (exact) mass is 302 g/mol. The predicted octanol–water partition coefficient (Wildman–Crippen LogP) is 6.35. The van der Waals surface area contributed by atoms with E-state index in [0.717, 1.165) is 12.8 Å². The smallest absolute Gasteiger partial charge is 0.00105 e. The van der Waals surface area contributed by atoms with Crippen molar-refractivity contribution in [2.45, 2.75) is 47.5 Å². The molecular formula is C23H26. The molecule has 118 valence electrons. The Labute approximate surface area is 140 Å². The summed E-state index contributed by atoms with van der Waals surface area (Å²) in [5, 5.41) is 0. The van der Waals surface area contributed by atoms with Crippen LogP contribution in [-0.4, -0.2) is 0 Å². The quantitative estimate of drug-likeness (QED) is 0.606.